The largest absolute Gasteiger partial charge is 0.481 e. The van der Waals surface area contributed by atoms with E-state index in [9.17, 15) is 14.0 Å². The Balaban J connectivity index is 2.27. The Labute approximate surface area is 182 Å². The van der Waals surface area contributed by atoms with Crippen LogP contribution in [-0.2, 0) is 16.1 Å². The molecule has 0 heterocycles. The summed E-state index contributed by atoms with van der Waals surface area (Å²) in [5.41, 5.74) is 0.258. The minimum absolute atomic E-state index is 0.0178. The Hall–Kier alpha value is -2.60. The highest BCUT2D eigenvalue weighted by Crippen LogP contribution is 2.21. The van der Waals surface area contributed by atoms with Gasteiger partial charge < -0.3 is 15.0 Å². The van der Waals surface area contributed by atoms with Crippen LogP contribution in [0.25, 0.3) is 0 Å². The third-order valence-corrected chi connectivity index (χ3v) is 4.74. The van der Waals surface area contributed by atoms with E-state index in [-0.39, 0.29) is 18.2 Å². The van der Waals surface area contributed by atoms with Crippen LogP contribution in [-0.4, -0.2) is 34.9 Å². The van der Waals surface area contributed by atoms with Crippen molar-refractivity contribution in [1.29, 1.82) is 0 Å². The number of nitrogens with zero attached hydrogens (tertiary/aromatic N) is 1. The quantitative estimate of drug-likeness (QED) is 0.661. The lowest BCUT2D eigenvalue weighted by molar-refractivity contribution is -0.143. The molecule has 162 valence electrons. The lowest BCUT2D eigenvalue weighted by Crippen LogP contribution is -2.54. The molecule has 1 N–H and O–H groups in total. The number of hydrogen-bond donors (Lipinski definition) is 1. The van der Waals surface area contributed by atoms with Crippen LogP contribution < -0.4 is 10.1 Å². The zero-order chi connectivity index (χ0) is 22.3. The normalized spacial score (nSPS) is 12.2. The summed E-state index contributed by atoms with van der Waals surface area (Å²) < 4.78 is 19.2. The first kappa shape index (κ1) is 23.7. The fourth-order valence-electron chi connectivity index (χ4n) is 2.97. The first-order valence-corrected chi connectivity index (χ1v) is 10.2. The van der Waals surface area contributed by atoms with Crippen LogP contribution in [0.5, 0.6) is 5.75 Å². The van der Waals surface area contributed by atoms with Crippen molar-refractivity contribution in [3.8, 4) is 5.75 Å². The lowest BCUT2D eigenvalue weighted by atomic mass is 10.1. The molecule has 2 rings (SSSR count). The monoisotopic (exact) mass is 434 g/mol. The van der Waals surface area contributed by atoms with E-state index in [2.05, 4.69) is 5.32 Å². The Kier molecular flexibility index (Phi) is 8.24. The van der Waals surface area contributed by atoms with Crippen LogP contribution in [0, 0.1) is 5.82 Å². The number of rotatable bonds is 8. The van der Waals surface area contributed by atoms with Crippen molar-refractivity contribution in [2.24, 2.45) is 0 Å². The number of para-hydroxylation sites is 1. The van der Waals surface area contributed by atoms with E-state index >= 15 is 0 Å². The van der Waals surface area contributed by atoms with E-state index in [4.69, 9.17) is 16.3 Å². The van der Waals surface area contributed by atoms with E-state index in [0.29, 0.717) is 17.0 Å². The lowest BCUT2D eigenvalue weighted by Gasteiger charge is -2.33. The summed E-state index contributed by atoms with van der Waals surface area (Å²) in [6.45, 7) is 7.19. The van der Waals surface area contributed by atoms with Gasteiger partial charge in [-0.25, -0.2) is 4.39 Å². The minimum Gasteiger partial charge on any atom is -0.481 e. The highest BCUT2D eigenvalue weighted by Gasteiger charge is 2.31. The molecule has 0 saturated heterocycles. The standard InChI is InChI=1S/C23H28ClFN2O3/c1-5-19(22(29)26-23(2,3)4)27(14-16-10-6-7-11-17(16)24)21(28)15-30-20-13-9-8-12-18(20)25/h6-13,19H,5,14-15H2,1-4H3,(H,26,29). The highest BCUT2D eigenvalue weighted by molar-refractivity contribution is 6.31. The van der Waals surface area contributed by atoms with Crippen molar-refractivity contribution in [3.63, 3.8) is 0 Å². The molecule has 7 heteroatoms. The number of amides is 2. The predicted molar refractivity (Wildman–Crippen MR) is 116 cm³/mol. The van der Waals surface area contributed by atoms with E-state index in [1.54, 1.807) is 24.3 Å². The molecule has 0 aromatic heterocycles. The molecule has 1 atom stereocenters. The van der Waals surface area contributed by atoms with Crippen LogP contribution in [0.4, 0.5) is 4.39 Å². The summed E-state index contributed by atoms with van der Waals surface area (Å²) >= 11 is 6.28. The van der Waals surface area contributed by atoms with E-state index in [0.717, 1.165) is 0 Å². The third-order valence-electron chi connectivity index (χ3n) is 4.37. The van der Waals surface area contributed by atoms with Gasteiger partial charge in [0.15, 0.2) is 18.2 Å². The van der Waals surface area contributed by atoms with Gasteiger partial charge in [-0.2, -0.15) is 0 Å². The maximum Gasteiger partial charge on any atom is 0.261 e. The van der Waals surface area contributed by atoms with Gasteiger partial charge in [0, 0.05) is 17.1 Å². The van der Waals surface area contributed by atoms with E-state index in [1.807, 2.05) is 33.8 Å². The van der Waals surface area contributed by atoms with Crippen molar-refractivity contribution in [2.45, 2.75) is 52.2 Å². The Bertz CT molecular complexity index is 883. The number of benzene rings is 2. The second-order valence-electron chi connectivity index (χ2n) is 8.00. The number of nitrogens with one attached hydrogen (secondary N) is 1. The molecule has 0 bridgehead atoms. The molecule has 2 aromatic carbocycles. The maximum atomic E-state index is 13.8. The summed E-state index contributed by atoms with van der Waals surface area (Å²) in [6.07, 6.45) is 0.401. The molecule has 0 saturated carbocycles. The molecule has 0 radical (unpaired) electrons. The topological polar surface area (TPSA) is 58.6 Å². The molecule has 2 amide bonds. The average Bonchev–Trinajstić information content (AvgIpc) is 2.67. The summed E-state index contributed by atoms with van der Waals surface area (Å²) in [4.78, 5) is 27.4. The predicted octanol–water partition coefficient (Wildman–Crippen LogP) is 4.58. The fourth-order valence-corrected chi connectivity index (χ4v) is 3.16. The van der Waals surface area contributed by atoms with Gasteiger partial charge in [-0.15, -0.1) is 0 Å². The van der Waals surface area contributed by atoms with Crippen molar-refractivity contribution >= 4 is 23.4 Å². The van der Waals surface area contributed by atoms with Crippen molar-refractivity contribution in [1.82, 2.24) is 10.2 Å². The molecule has 0 aliphatic rings. The van der Waals surface area contributed by atoms with Crippen LogP contribution in [0.2, 0.25) is 5.02 Å². The first-order valence-electron chi connectivity index (χ1n) is 9.84. The van der Waals surface area contributed by atoms with Crippen LogP contribution in [0.15, 0.2) is 48.5 Å². The smallest absolute Gasteiger partial charge is 0.261 e. The molecule has 0 aliphatic carbocycles. The van der Waals surface area contributed by atoms with Gasteiger partial charge in [-0.05, 0) is 51.0 Å². The molecule has 30 heavy (non-hydrogen) atoms. The molecular formula is C23H28ClFN2O3. The summed E-state index contributed by atoms with van der Waals surface area (Å²) in [7, 11) is 0. The zero-order valence-electron chi connectivity index (χ0n) is 17.7. The number of ether oxygens (including phenoxy) is 1. The van der Waals surface area contributed by atoms with Gasteiger partial charge >= 0.3 is 0 Å². The molecular weight excluding hydrogens is 407 g/mol. The maximum absolute atomic E-state index is 13.8. The molecule has 0 aliphatic heterocycles. The summed E-state index contributed by atoms with van der Waals surface area (Å²) in [5.74, 6) is -1.28. The average molecular weight is 435 g/mol. The number of carbonyl (C=O) groups excluding carboxylic acids is 2. The Morgan fingerprint density at radius 1 is 1.13 bits per heavy atom. The van der Waals surface area contributed by atoms with Gasteiger partial charge in [-0.3, -0.25) is 9.59 Å². The first-order chi connectivity index (χ1) is 14.1. The number of hydrogen-bond acceptors (Lipinski definition) is 3. The van der Waals surface area contributed by atoms with Gasteiger partial charge in [0.2, 0.25) is 5.91 Å². The Morgan fingerprint density at radius 3 is 2.37 bits per heavy atom. The van der Waals surface area contributed by atoms with Crippen molar-refractivity contribution in [3.05, 3.63) is 64.9 Å². The van der Waals surface area contributed by atoms with Crippen LogP contribution in [0.3, 0.4) is 0 Å². The Morgan fingerprint density at radius 2 is 1.77 bits per heavy atom. The van der Waals surface area contributed by atoms with E-state index in [1.165, 1.54) is 23.1 Å². The molecule has 0 fully saturated rings. The molecule has 0 spiro atoms. The van der Waals surface area contributed by atoms with Crippen LogP contribution >= 0.6 is 11.6 Å². The third kappa shape index (κ3) is 6.73. The molecule has 2 aromatic rings. The number of carbonyl (C=O) groups is 2. The summed E-state index contributed by atoms with van der Waals surface area (Å²) in [5, 5.41) is 3.42. The second kappa shape index (κ2) is 10.4. The van der Waals surface area contributed by atoms with Crippen molar-refractivity contribution in [2.75, 3.05) is 6.61 Å². The second-order valence-corrected chi connectivity index (χ2v) is 8.40. The van der Waals surface area contributed by atoms with Gasteiger partial charge in [0.1, 0.15) is 6.04 Å². The molecule has 1 unspecified atom stereocenters. The SMILES string of the molecule is CCC(C(=O)NC(C)(C)C)N(Cc1ccccc1Cl)C(=O)COc1ccccc1F. The fraction of sp³-hybridized carbons (Fsp3) is 0.391. The van der Waals surface area contributed by atoms with E-state index < -0.39 is 29.9 Å². The highest BCUT2D eigenvalue weighted by atomic mass is 35.5. The molecule has 5 nitrogen and oxygen atoms in total. The number of halogens is 2. The zero-order valence-corrected chi connectivity index (χ0v) is 18.5. The van der Waals surface area contributed by atoms with Gasteiger partial charge in [0.25, 0.3) is 5.91 Å². The van der Waals surface area contributed by atoms with Crippen molar-refractivity contribution < 1.29 is 18.7 Å². The van der Waals surface area contributed by atoms with Crippen LogP contribution in [0.1, 0.15) is 39.7 Å². The minimum atomic E-state index is -0.725. The van der Waals surface area contributed by atoms with Gasteiger partial charge in [-0.1, -0.05) is 48.9 Å². The summed E-state index contributed by atoms with van der Waals surface area (Å²) in [6, 6.07) is 12.3. The van der Waals surface area contributed by atoms with Gasteiger partial charge in [0.05, 0.1) is 0 Å².